The monoisotopic (exact) mass is 293 g/mol. The van der Waals surface area contributed by atoms with E-state index >= 15 is 0 Å². The van der Waals surface area contributed by atoms with Crippen molar-refractivity contribution in [3.05, 3.63) is 0 Å². The summed E-state index contributed by atoms with van der Waals surface area (Å²) in [4.78, 5) is 11.0. The van der Waals surface area contributed by atoms with Gasteiger partial charge in [0.1, 0.15) is 0 Å². The van der Waals surface area contributed by atoms with Crippen molar-refractivity contribution < 1.29 is 28.5 Å². The summed E-state index contributed by atoms with van der Waals surface area (Å²) in [7, 11) is 0. The molecule has 120 valence electrons. The van der Waals surface area contributed by atoms with Gasteiger partial charge in [-0.3, -0.25) is 4.79 Å². The van der Waals surface area contributed by atoms with Crippen LogP contribution >= 0.6 is 0 Å². The van der Waals surface area contributed by atoms with Crippen molar-refractivity contribution in [1.82, 2.24) is 0 Å². The molecule has 0 aromatic carbocycles. The normalized spacial score (nSPS) is 10.7. The maximum atomic E-state index is 11.0. The first-order valence-electron chi connectivity index (χ1n) is 6.98. The highest BCUT2D eigenvalue weighted by atomic mass is 16.6. The van der Waals surface area contributed by atoms with E-state index in [9.17, 15) is 4.79 Å². The molecule has 0 bridgehead atoms. The maximum absolute atomic E-state index is 11.0. The van der Waals surface area contributed by atoms with E-state index in [2.05, 4.69) is 0 Å². The molecule has 0 heterocycles. The first-order chi connectivity index (χ1) is 9.81. The SMILES string of the molecule is CCOC(=O)CCOCCOCCOCCOCCN. The van der Waals surface area contributed by atoms with Crippen LogP contribution < -0.4 is 5.73 Å². The minimum absolute atomic E-state index is 0.237. The second-order valence-corrected chi connectivity index (χ2v) is 3.79. The molecule has 0 aliphatic carbocycles. The molecular formula is C13H27NO6. The Hall–Kier alpha value is -0.730. The number of rotatable bonds is 15. The first-order valence-corrected chi connectivity index (χ1v) is 6.98. The van der Waals surface area contributed by atoms with Crippen molar-refractivity contribution >= 4 is 5.97 Å². The van der Waals surface area contributed by atoms with E-state index in [0.29, 0.717) is 66.0 Å². The fourth-order valence-electron chi connectivity index (χ4n) is 1.23. The van der Waals surface area contributed by atoms with Crippen LogP contribution in [0.4, 0.5) is 0 Å². The summed E-state index contributed by atoms with van der Waals surface area (Å²) in [6.45, 7) is 6.69. The third-order valence-electron chi connectivity index (χ3n) is 2.13. The zero-order valence-corrected chi connectivity index (χ0v) is 12.3. The summed E-state index contributed by atoms with van der Waals surface area (Å²) >= 11 is 0. The summed E-state index contributed by atoms with van der Waals surface area (Å²) in [6, 6.07) is 0. The second kappa shape index (κ2) is 16.3. The molecule has 0 unspecified atom stereocenters. The molecular weight excluding hydrogens is 266 g/mol. The van der Waals surface area contributed by atoms with E-state index in [4.69, 9.17) is 29.4 Å². The van der Waals surface area contributed by atoms with E-state index in [1.165, 1.54) is 0 Å². The molecule has 0 aliphatic heterocycles. The van der Waals surface area contributed by atoms with Crippen LogP contribution in [-0.2, 0) is 28.5 Å². The molecule has 0 saturated carbocycles. The Bertz CT molecular complexity index is 215. The van der Waals surface area contributed by atoms with Crippen LogP contribution in [0.3, 0.4) is 0 Å². The number of hydrogen-bond donors (Lipinski definition) is 1. The molecule has 20 heavy (non-hydrogen) atoms. The van der Waals surface area contributed by atoms with Gasteiger partial charge in [0.2, 0.25) is 0 Å². The Labute approximate surface area is 120 Å². The molecule has 0 radical (unpaired) electrons. The lowest BCUT2D eigenvalue weighted by molar-refractivity contribution is -0.144. The van der Waals surface area contributed by atoms with Crippen molar-refractivity contribution in [3.8, 4) is 0 Å². The predicted molar refractivity (Wildman–Crippen MR) is 73.6 cm³/mol. The van der Waals surface area contributed by atoms with Crippen LogP contribution in [0.1, 0.15) is 13.3 Å². The number of carbonyl (C=O) groups excluding carboxylic acids is 1. The van der Waals surface area contributed by atoms with Gasteiger partial charge in [0.25, 0.3) is 0 Å². The van der Waals surface area contributed by atoms with Gasteiger partial charge < -0.3 is 29.4 Å². The summed E-state index contributed by atoms with van der Waals surface area (Å²) in [6.07, 6.45) is 0.278. The topological polar surface area (TPSA) is 89.2 Å². The lowest BCUT2D eigenvalue weighted by atomic mass is 10.5. The van der Waals surface area contributed by atoms with Gasteiger partial charge in [-0.1, -0.05) is 0 Å². The largest absolute Gasteiger partial charge is 0.466 e. The molecule has 0 aliphatic rings. The van der Waals surface area contributed by atoms with Gasteiger partial charge in [-0.05, 0) is 6.92 Å². The number of ether oxygens (including phenoxy) is 5. The lowest BCUT2D eigenvalue weighted by Crippen LogP contribution is -2.14. The lowest BCUT2D eigenvalue weighted by Gasteiger charge is -2.07. The molecule has 0 spiro atoms. The molecule has 7 heteroatoms. The average Bonchev–Trinajstić information content (AvgIpc) is 2.44. The van der Waals surface area contributed by atoms with Gasteiger partial charge in [0, 0.05) is 6.54 Å². The van der Waals surface area contributed by atoms with Crippen LogP contribution in [0.2, 0.25) is 0 Å². The van der Waals surface area contributed by atoms with Crippen molar-refractivity contribution in [3.63, 3.8) is 0 Å². The Morgan fingerprint density at radius 2 is 1.25 bits per heavy atom. The smallest absolute Gasteiger partial charge is 0.308 e. The summed E-state index contributed by atoms with van der Waals surface area (Å²) in [5, 5.41) is 0. The van der Waals surface area contributed by atoms with Crippen molar-refractivity contribution in [2.45, 2.75) is 13.3 Å². The number of nitrogens with two attached hydrogens (primary N) is 1. The number of esters is 1. The molecule has 0 aromatic heterocycles. The van der Waals surface area contributed by atoms with Crippen molar-refractivity contribution in [2.75, 3.05) is 66.0 Å². The Morgan fingerprint density at radius 1 is 0.800 bits per heavy atom. The minimum atomic E-state index is -0.237. The molecule has 0 atom stereocenters. The highest BCUT2D eigenvalue weighted by Crippen LogP contribution is 1.88. The van der Waals surface area contributed by atoms with Gasteiger partial charge in [-0.2, -0.15) is 0 Å². The zero-order chi connectivity index (χ0) is 14.9. The fraction of sp³-hybridized carbons (Fsp3) is 0.923. The van der Waals surface area contributed by atoms with Gasteiger partial charge in [-0.15, -0.1) is 0 Å². The van der Waals surface area contributed by atoms with Crippen LogP contribution in [0.15, 0.2) is 0 Å². The van der Waals surface area contributed by atoms with E-state index in [1.807, 2.05) is 0 Å². The van der Waals surface area contributed by atoms with Crippen molar-refractivity contribution in [2.24, 2.45) is 5.73 Å². The van der Waals surface area contributed by atoms with E-state index in [0.717, 1.165) is 0 Å². The van der Waals surface area contributed by atoms with Gasteiger partial charge in [-0.25, -0.2) is 0 Å². The summed E-state index contributed by atoms with van der Waals surface area (Å²) < 4.78 is 25.7. The number of hydrogen-bond acceptors (Lipinski definition) is 7. The van der Waals surface area contributed by atoms with Gasteiger partial charge in [0.05, 0.1) is 65.9 Å². The Morgan fingerprint density at radius 3 is 1.70 bits per heavy atom. The summed E-state index contributed by atoms with van der Waals surface area (Å²) in [5.74, 6) is -0.237. The third-order valence-corrected chi connectivity index (χ3v) is 2.13. The Kier molecular flexibility index (Phi) is 15.7. The molecule has 0 rings (SSSR count). The van der Waals surface area contributed by atoms with E-state index < -0.39 is 0 Å². The average molecular weight is 293 g/mol. The maximum Gasteiger partial charge on any atom is 0.308 e. The van der Waals surface area contributed by atoms with Crippen LogP contribution in [0, 0.1) is 0 Å². The highest BCUT2D eigenvalue weighted by molar-refractivity contribution is 5.69. The minimum Gasteiger partial charge on any atom is -0.466 e. The van der Waals surface area contributed by atoms with Crippen LogP contribution in [0.25, 0.3) is 0 Å². The molecule has 0 aromatic rings. The highest BCUT2D eigenvalue weighted by Gasteiger charge is 2.00. The third kappa shape index (κ3) is 15.3. The summed E-state index contributed by atoms with van der Waals surface area (Å²) in [5.41, 5.74) is 5.27. The molecule has 0 fully saturated rings. The van der Waals surface area contributed by atoms with Crippen LogP contribution in [0.5, 0.6) is 0 Å². The van der Waals surface area contributed by atoms with Gasteiger partial charge >= 0.3 is 5.97 Å². The predicted octanol–water partition coefficient (Wildman–Crippen LogP) is -0.0353. The van der Waals surface area contributed by atoms with Gasteiger partial charge in [0.15, 0.2) is 0 Å². The van der Waals surface area contributed by atoms with E-state index in [1.54, 1.807) is 6.92 Å². The second-order valence-electron chi connectivity index (χ2n) is 3.79. The molecule has 0 amide bonds. The quantitative estimate of drug-likeness (QED) is 0.335. The Balaban J connectivity index is 3.01. The molecule has 2 N–H and O–H groups in total. The van der Waals surface area contributed by atoms with Crippen molar-refractivity contribution in [1.29, 1.82) is 0 Å². The zero-order valence-electron chi connectivity index (χ0n) is 12.3. The van der Waals surface area contributed by atoms with Crippen LogP contribution in [-0.4, -0.2) is 72.0 Å². The molecule has 0 saturated heterocycles. The number of carbonyl (C=O) groups is 1. The fourth-order valence-corrected chi connectivity index (χ4v) is 1.23. The standard InChI is InChI=1S/C13H27NO6/c1-2-20-13(15)3-5-16-7-9-18-11-12-19-10-8-17-6-4-14/h2-12,14H2,1H3. The van der Waals surface area contributed by atoms with E-state index in [-0.39, 0.29) is 12.4 Å². The molecule has 7 nitrogen and oxygen atoms in total. The first kappa shape index (κ1) is 19.3.